The number of hydrogen-bond donors (Lipinski definition) is 3. The lowest BCUT2D eigenvalue weighted by molar-refractivity contribution is -0.145. The van der Waals surface area contributed by atoms with Crippen molar-refractivity contribution < 1.29 is 28.6 Å². The first-order chi connectivity index (χ1) is 19.8. The first kappa shape index (κ1) is 29.7. The van der Waals surface area contributed by atoms with E-state index in [1.807, 2.05) is 44.2 Å². The van der Waals surface area contributed by atoms with Crippen LogP contribution in [0.2, 0.25) is 0 Å². The lowest BCUT2D eigenvalue weighted by Crippen LogP contribution is -2.47. The molecule has 11 nitrogen and oxygen atoms in total. The molecule has 220 valence electrons. The first-order valence-electron chi connectivity index (χ1n) is 14.1. The maximum atomic E-state index is 12.5. The minimum atomic E-state index is -0.659. The Morgan fingerprint density at radius 2 is 1.95 bits per heavy atom. The summed E-state index contributed by atoms with van der Waals surface area (Å²) >= 11 is 0. The number of benzene rings is 2. The Labute approximate surface area is 240 Å². The number of aryl methyl sites for hydroxylation is 1. The SMILES string of the molecule is CCOC(=O)NC1=Nc2cc(OCCCC(=O)NC3CCc4ccccc4N3)ccc2CN1CC(=O)OCC(C)C. The molecule has 41 heavy (non-hydrogen) atoms. The number of carbonyl (C=O) groups excluding carboxylic acids is 3. The van der Waals surface area contributed by atoms with Crippen LogP contribution in [-0.2, 0) is 32.0 Å². The number of para-hydroxylation sites is 1. The van der Waals surface area contributed by atoms with Crippen LogP contribution >= 0.6 is 0 Å². The van der Waals surface area contributed by atoms with Crippen LogP contribution < -0.4 is 20.7 Å². The van der Waals surface area contributed by atoms with Crippen molar-refractivity contribution >= 4 is 35.3 Å². The molecule has 11 heteroatoms. The van der Waals surface area contributed by atoms with E-state index in [0.717, 1.165) is 24.1 Å². The monoisotopic (exact) mass is 565 g/mol. The number of esters is 1. The van der Waals surface area contributed by atoms with Gasteiger partial charge in [-0.1, -0.05) is 38.1 Å². The molecular weight excluding hydrogens is 526 g/mol. The Hall–Kier alpha value is -4.28. The second-order valence-corrected chi connectivity index (χ2v) is 10.4. The van der Waals surface area contributed by atoms with Gasteiger partial charge in [0, 0.05) is 24.7 Å². The summed E-state index contributed by atoms with van der Waals surface area (Å²) in [5.41, 5.74) is 3.81. The van der Waals surface area contributed by atoms with Gasteiger partial charge in [0.2, 0.25) is 11.9 Å². The summed E-state index contributed by atoms with van der Waals surface area (Å²) in [5, 5.41) is 9.06. The molecule has 0 aliphatic carbocycles. The van der Waals surface area contributed by atoms with Crippen molar-refractivity contribution in [1.29, 1.82) is 0 Å². The molecule has 2 aliphatic rings. The van der Waals surface area contributed by atoms with E-state index < -0.39 is 12.1 Å². The lowest BCUT2D eigenvalue weighted by atomic mass is 10.0. The fraction of sp³-hybridized carbons (Fsp3) is 0.467. The Bertz CT molecular complexity index is 1260. The number of guanidine groups is 1. The highest BCUT2D eigenvalue weighted by molar-refractivity contribution is 5.97. The molecule has 0 saturated heterocycles. The van der Waals surface area contributed by atoms with Crippen LogP contribution in [0.3, 0.4) is 0 Å². The number of nitrogens with one attached hydrogen (secondary N) is 3. The molecule has 2 aliphatic heterocycles. The van der Waals surface area contributed by atoms with Crippen LogP contribution in [0.15, 0.2) is 47.5 Å². The van der Waals surface area contributed by atoms with Gasteiger partial charge in [0.25, 0.3) is 0 Å². The predicted molar refractivity (Wildman–Crippen MR) is 155 cm³/mol. The zero-order valence-corrected chi connectivity index (χ0v) is 23.9. The Morgan fingerprint density at radius 3 is 2.76 bits per heavy atom. The third-order valence-electron chi connectivity index (χ3n) is 6.53. The molecule has 2 aromatic carbocycles. The second-order valence-electron chi connectivity index (χ2n) is 10.4. The third kappa shape index (κ3) is 8.86. The number of ether oxygens (including phenoxy) is 3. The summed E-state index contributed by atoms with van der Waals surface area (Å²) in [7, 11) is 0. The van der Waals surface area contributed by atoms with E-state index in [-0.39, 0.29) is 37.1 Å². The average Bonchev–Trinajstić information content (AvgIpc) is 2.94. The molecule has 0 spiro atoms. The number of rotatable bonds is 11. The molecule has 3 N–H and O–H groups in total. The van der Waals surface area contributed by atoms with Gasteiger partial charge in [-0.15, -0.1) is 0 Å². The zero-order valence-electron chi connectivity index (χ0n) is 23.9. The molecule has 2 amide bonds. The van der Waals surface area contributed by atoms with Gasteiger partial charge in [0.1, 0.15) is 12.3 Å². The summed E-state index contributed by atoms with van der Waals surface area (Å²) in [6, 6.07) is 13.6. The van der Waals surface area contributed by atoms with E-state index in [1.54, 1.807) is 17.9 Å². The number of anilines is 1. The number of alkyl carbamates (subject to hydrolysis) is 1. The van der Waals surface area contributed by atoms with Crippen molar-refractivity contribution in [2.24, 2.45) is 10.9 Å². The molecule has 0 radical (unpaired) electrons. The Kier molecular flexibility index (Phi) is 10.4. The fourth-order valence-corrected chi connectivity index (χ4v) is 4.53. The highest BCUT2D eigenvalue weighted by atomic mass is 16.5. The molecule has 2 aromatic rings. The first-order valence-corrected chi connectivity index (χ1v) is 14.1. The van der Waals surface area contributed by atoms with E-state index in [2.05, 4.69) is 27.0 Å². The van der Waals surface area contributed by atoms with Crippen molar-refractivity contribution in [1.82, 2.24) is 15.5 Å². The topological polar surface area (TPSA) is 131 Å². The van der Waals surface area contributed by atoms with Crippen LogP contribution in [0, 0.1) is 5.92 Å². The van der Waals surface area contributed by atoms with Gasteiger partial charge in [-0.25, -0.2) is 9.79 Å². The van der Waals surface area contributed by atoms with Crippen molar-refractivity contribution in [2.45, 2.75) is 59.2 Å². The van der Waals surface area contributed by atoms with Crippen LogP contribution in [0.1, 0.15) is 51.2 Å². The van der Waals surface area contributed by atoms with E-state index in [9.17, 15) is 14.4 Å². The highest BCUT2D eigenvalue weighted by Crippen LogP contribution is 2.30. The number of carbonyl (C=O) groups is 3. The van der Waals surface area contributed by atoms with E-state index >= 15 is 0 Å². The summed E-state index contributed by atoms with van der Waals surface area (Å²) in [6.45, 7) is 6.78. The molecule has 1 unspecified atom stereocenters. The number of hydrogen-bond acceptors (Lipinski definition) is 9. The van der Waals surface area contributed by atoms with E-state index in [4.69, 9.17) is 14.2 Å². The molecule has 0 aromatic heterocycles. The normalized spacial score (nSPS) is 15.6. The molecule has 1 atom stereocenters. The standard InChI is InChI=1S/C30H39N5O6/c1-4-39-30(38)34-29-32-25-16-23(13-11-22(25)17-35(29)18-28(37)41-19-20(2)3)40-15-7-10-27(36)33-26-14-12-21-8-5-6-9-24(21)31-26/h5-6,8-9,11,13,16,20,26,31H,4,7,10,12,14-15,17-19H2,1-3H3,(H,33,36)(H,32,34,38). The maximum Gasteiger partial charge on any atom is 0.413 e. The minimum absolute atomic E-state index is 0.0257. The molecular formula is C30H39N5O6. The van der Waals surface area contributed by atoms with Gasteiger partial charge in [-0.2, -0.15) is 0 Å². The van der Waals surface area contributed by atoms with Crippen LogP contribution in [-0.4, -0.2) is 61.4 Å². The quantitative estimate of drug-likeness (QED) is 0.274. The lowest BCUT2D eigenvalue weighted by Gasteiger charge is -2.29. The number of aliphatic imine (C=N–C) groups is 1. The fourth-order valence-electron chi connectivity index (χ4n) is 4.53. The van der Waals surface area contributed by atoms with E-state index in [1.165, 1.54) is 5.56 Å². The summed E-state index contributed by atoms with van der Waals surface area (Å²) in [6.07, 6.45) is 1.93. The van der Waals surface area contributed by atoms with Crippen LogP contribution in [0.4, 0.5) is 16.2 Å². The van der Waals surface area contributed by atoms with Gasteiger partial charge in [-0.3, -0.25) is 14.9 Å². The Morgan fingerprint density at radius 1 is 1.12 bits per heavy atom. The number of nitrogens with zero attached hydrogens (tertiary/aromatic N) is 2. The molecule has 2 heterocycles. The smallest absolute Gasteiger partial charge is 0.413 e. The van der Waals surface area contributed by atoms with E-state index in [0.29, 0.717) is 44.0 Å². The largest absolute Gasteiger partial charge is 0.494 e. The summed E-state index contributed by atoms with van der Waals surface area (Å²) < 4.78 is 16.2. The number of fused-ring (bicyclic) bond motifs is 2. The van der Waals surface area contributed by atoms with Crippen LogP contribution in [0.25, 0.3) is 0 Å². The van der Waals surface area contributed by atoms with Crippen molar-refractivity contribution in [3.63, 3.8) is 0 Å². The van der Waals surface area contributed by atoms with Gasteiger partial charge in [0.15, 0.2) is 0 Å². The maximum absolute atomic E-state index is 12.5. The van der Waals surface area contributed by atoms with Gasteiger partial charge < -0.3 is 29.7 Å². The molecule has 0 bridgehead atoms. The zero-order chi connectivity index (χ0) is 29.2. The van der Waals surface area contributed by atoms with Crippen molar-refractivity contribution in [2.75, 3.05) is 31.7 Å². The molecule has 0 saturated carbocycles. The predicted octanol–water partition coefficient (Wildman–Crippen LogP) is 4.09. The van der Waals surface area contributed by atoms with Crippen molar-refractivity contribution in [3.05, 3.63) is 53.6 Å². The minimum Gasteiger partial charge on any atom is -0.494 e. The molecule has 0 fully saturated rings. The molecule has 4 rings (SSSR count). The van der Waals surface area contributed by atoms with Crippen molar-refractivity contribution in [3.8, 4) is 5.75 Å². The van der Waals surface area contributed by atoms with Crippen LogP contribution in [0.5, 0.6) is 5.75 Å². The summed E-state index contributed by atoms with van der Waals surface area (Å²) in [4.78, 5) is 43.2. The van der Waals surface area contributed by atoms with Gasteiger partial charge >= 0.3 is 12.1 Å². The third-order valence-corrected chi connectivity index (χ3v) is 6.53. The van der Waals surface area contributed by atoms with Gasteiger partial charge in [-0.05, 0) is 55.4 Å². The average molecular weight is 566 g/mol. The number of amides is 2. The summed E-state index contributed by atoms with van der Waals surface area (Å²) in [5.74, 6) is 0.575. The Balaban J connectivity index is 1.29. The van der Waals surface area contributed by atoms with Gasteiger partial charge in [0.05, 0.1) is 31.7 Å². The second kappa shape index (κ2) is 14.4. The highest BCUT2D eigenvalue weighted by Gasteiger charge is 2.25.